The Kier molecular flexibility index (Phi) is 4.24. The number of hydrogen-bond donors (Lipinski definition) is 0. The Hall–Kier alpha value is -2.65. The fraction of sp³-hybridized carbons (Fsp3) is 0.368. The van der Waals surface area contributed by atoms with Crippen molar-refractivity contribution in [1.82, 2.24) is 9.88 Å². The van der Waals surface area contributed by atoms with Gasteiger partial charge >= 0.3 is 0 Å². The molecule has 1 aromatic carbocycles. The summed E-state index contributed by atoms with van der Waals surface area (Å²) in [6.07, 6.45) is 1.63. The molecule has 0 bridgehead atoms. The number of rotatable bonds is 3. The molecule has 25 heavy (non-hydrogen) atoms. The van der Waals surface area contributed by atoms with Crippen LogP contribution in [0.15, 0.2) is 42.6 Å². The van der Waals surface area contributed by atoms with Crippen LogP contribution in [0.4, 0.5) is 15.9 Å². The van der Waals surface area contributed by atoms with E-state index < -0.39 is 0 Å². The number of pyridine rings is 1. The summed E-state index contributed by atoms with van der Waals surface area (Å²) >= 11 is 0. The number of nitriles is 1. The van der Waals surface area contributed by atoms with Gasteiger partial charge in [0, 0.05) is 57.2 Å². The summed E-state index contributed by atoms with van der Waals surface area (Å²) in [7, 11) is 0. The average molecular weight is 337 g/mol. The first-order chi connectivity index (χ1) is 12.2. The predicted molar refractivity (Wildman–Crippen MR) is 95.1 cm³/mol. The third-order valence-electron chi connectivity index (χ3n) is 5.09. The lowest BCUT2D eigenvalue weighted by Gasteiger charge is -2.49. The van der Waals surface area contributed by atoms with Crippen LogP contribution in [0.5, 0.6) is 0 Å². The number of aromatic nitrogens is 1. The van der Waals surface area contributed by atoms with Gasteiger partial charge in [-0.2, -0.15) is 5.26 Å². The molecule has 0 aliphatic carbocycles. The van der Waals surface area contributed by atoms with E-state index in [1.54, 1.807) is 6.20 Å². The second kappa shape index (κ2) is 6.69. The Morgan fingerprint density at radius 3 is 2.28 bits per heavy atom. The van der Waals surface area contributed by atoms with E-state index in [1.165, 1.54) is 12.1 Å². The second-order valence-corrected chi connectivity index (χ2v) is 6.58. The topological polar surface area (TPSA) is 46.4 Å². The van der Waals surface area contributed by atoms with Crippen LogP contribution < -0.4 is 9.80 Å². The molecule has 6 heteroatoms. The summed E-state index contributed by atoms with van der Waals surface area (Å²) in [4.78, 5) is 11.4. The average Bonchev–Trinajstić information content (AvgIpc) is 2.62. The van der Waals surface area contributed by atoms with E-state index in [0.717, 1.165) is 50.8 Å². The lowest BCUT2D eigenvalue weighted by molar-refractivity contribution is 0.157. The van der Waals surface area contributed by atoms with Gasteiger partial charge in [-0.25, -0.2) is 9.37 Å². The highest BCUT2D eigenvalue weighted by molar-refractivity contribution is 5.47. The van der Waals surface area contributed by atoms with E-state index in [-0.39, 0.29) is 5.82 Å². The van der Waals surface area contributed by atoms with Crippen LogP contribution in [-0.2, 0) is 0 Å². The Labute approximate surface area is 146 Å². The molecule has 0 spiro atoms. The van der Waals surface area contributed by atoms with Gasteiger partial charge < -0.3 is 9.80 Å². The van der Waals surface area contributed by atoms with Crippen LogP contribution in [0.1, 0.15) is 5.56 Å². The van der Waals surface area contributed by atoms with Crippen LogP contribution in [0.25, 0.3) is 0 Å². The van der Waals surface area contributed by atoms with Crippen molar-refractivity contribution in [2.45, 2.75) is 6.04 Å². The van der Waals surface area contributed by atoms with E-state index in [0.29, 0.717) is 11.6 Å². The van der Waals surface area contributed by atoms with E-state index in [2.05, 4.69) is 25.8 Å². The molecule has 0 saturated carbocycles. The summed E-state index contributed by atoms with van der Waals surface area (Å²) in [6, 6.07) is 13.1. The summed E-state index contributed by atoms with van der Waals surface area (Å²) < 4.78 is 13.0. The Balaban J connectivity index is 1.28. The molecule has 0 amide bonds. The maximum absolute atomic E-state index is 13.0. The zero-order valence-electron chi connectivity index (χ0n) is 14.0. The van der Waals surface area contributed by atoms with Crippen molar-refractivity contribution >= 4 is 11.5 Å². The molecule has 2 fully saturated rings. The lowest BCUT2D eigenvalue weighted by atomic mass is 10.1. The van der Waals surface area contributed by atoms with Crippen LogP contribution in [-0.4, -0.2) is 55.2 Å². The highest BCUT2D eigenvalue weighted by atomic mass is 19.1. The fourth-order valence-corrected chi connectivity index (χ4v) is 3.51. The van der Waals surface area contributed by atoms with Crippen LogP contribution in [0.2, 0.25) is 0 Å². The van der Waals surface area contributed by atoms with E-state index in [4.69, 9.17) is 5.26 Å². The number of halogens is 1. The Morgan fingerprint density at radius 1 is 0.960 bits per heavy atom. The molecular weight excluding hydrogens is 317 g/mol. The maximum atomic E-state index is 13.0. The van der Waals surface area contributed by atoms with Crippen molar-refractivity contribution < 1.29 is 4.39 Å². The zero-order chi connectivity index (χ0) is 17.2. The summed E-state index contributed by atoms with van der Waals surface area (Å²) in [6.45, 7) is 5.95. The summed E-state index contributed by atoms with van der Waals surface area (Å²) in [5.74, 6) is 0.758. The minimum absolute atomic E-state index is 0.187. The highest BCUT2D eigenvalue weighted by Crippen LogP contribution is 2.24. The smallest absolute Gasteiger partial charge is 0.128 e. The normalized spacial score (nSPS) is 18.7. The number of benzene rings is 1. The summed E-state index contributed by atoms with van der Waals surface area (Å²) in [5.41, 5.74) is 1.69. The number of nitrogens with zero attached hydrogens (tertiary/aromatic N) is 5. The molecule has 5 nitrogen and oxygen atoms in total. The van der Waals surface area contributed by atoms with Gasteiger partial charge in [0.1, 0.15) is 17.7 Å². The van der Waals surface area contributed by atoms with Crippen LogP contribution >= 0.6 is 0 Å². The molecule has 2 aliphatic rings. The van der Waals surface area contributed by atoms with Gasteiger partial charge in [-0.1, -0.05) is 0 Å². The number of anilines is 2. The van der Waals surface area contributed by atoms with Gasteiger partial charge in [-0.05, 0) is 36.4 Å². The lowest BCUT2D eigenvalue weighted by Crippen LogP contribution is -2.63. The molecular formula is C19H20FN5. The van der Waals surface area contributed by atoms with Gasteiger partial charge in [0.2, 0.25) is 0 Å². The molecule has 0 radical (unpaired) electrons. The van der Waals surface area contributed by atoms with E-state index >= 15 is 0 Å². The minimum atomic E-state index is -0.187. The third-order valence-corrected chi connectivity index (χ3v) is 5.09. The maximum Gasteiger partial charge on any atom is 0.128 e. The van der Waals surface area contributed by atoms with E-state index in [1.807, 2.05) is 24.3 Å². The van der Waals surface area contributed by atoms with Crippen molar-refractivity contribution in [3.8, 4) is 6.07 Å². The zero-order valence-corrected chi connectivity index (χ0v) is 14.0. The standard InChI is InChI=1S/C19H20FN5/c20-16-2-4-17(5-3-16)23-7-9-24(10-8-23)18-13-25(14-18)19-6-1-15(11-21)12-22-19/h1-6,12,18H,7-10,13-14H2. The monoisotopic (exact) mass is 337 g/mol. The molecule has 1 aromatic heterocycles. The predicted octanol–water partition coefficient (Wildman–Crippen LogP) is 2.10. The van der Waals surface area contributed by atoms with E-state index in [9.17, 15) is 4.39 Å². The first-order valence-corrected chi connectivity index (χ1v) is 8.58. The molecule has 0 atom stereocenters. The highest BCUT2D eigenvalue weighted by Gasteiger charge is 2.34. The van der Waals surface area contributed by atoms with Crippen molar-refractivity contribution in [1.29, 1.82) is 5.26 Å². The van der Waals surface area contributed by atoms with Gasteiger partial charge in [-0.15, -0.1) is 0 Å². The Bertz CT molecular complexity index is 754. The van der Waals surface area contributed by atoms with Gasteiger partial charge in [0.15, 0.2) is 0 Å². The van der Waals surface area contributed by atoms with Crippen molar-refractivity contribution in [3.05, 3.63) is 54.0 Å². The third kappa shape index (κ3) is 3.28. The van der Waals surface area contributed by atoms with Crippen molar-refractivity contribution in [3.63, 3.8) is 0 Å². The van der Waals surface area contributed by atoms with Gasteiger partial charge in [-0.3, -0.25) is 4.90 Å². The molecule has 0 N–H and O–H groups in total. The van der Waals surface area contributed by atoms with Crippen molar-refractivity contribution in [2.75, 3.05) is 49.1 Å². The second-order valence-electron chi connectivity index (χ2n) is 6.58. The fourth-order valence-electron chi connectivity index (χ4n) is 3.51. The molecule has 3 heterocycles. The van der Waals surface area contributed by atoms with Gasteiger partial charge in [0.25, 0.3) is 0 Å². The molecule has 0 unspecified atom stereocenters. The molecule has 128 valence electrons. The van der Waals surface area contributed by atoms with Crippen LogP contribution in [0, 0.1) is 17.1 Å². The largest absolute Gasteiger partial charge is 0.369 e. The number of hydrogen-bond acceptors (Lipinski definition) is 5. The number of piperazine rings is 1. The van der Waals surface area contributed by atoms with Crippen LogP contribution in [0.3, 0.4) is 0 Å². The quantitative estimate of drug-likeness (QED) is 0.858. The summed E-state index contributed by atoms with van der Waals surface area (Å²) in [5, 5.41) is 8.84. The molecule has 2 aromatic rings. The molecule has 2 saturated heterocycles. The molecule has 2 aliphatic heterocycles. The van der Waals surface area contributed by atoms with Crippen molar-refractivity contribution in [2.24, 2.45) is 0 Å². The Morgan fingerprint density at radius 2 is 1.68 bits per heavy atom. The van der Waals surface area contributed by atoms with Gasteiger partial charge in [0.05, 0.1) is 5.56 Å². The first kappa shape index (κ1) is 15.9. The SMILES string of the molecule is N#Cc1ccc(N2CC(N3CCN(c4ccc(F)cc4)CC3)C2)nc1. The minimum Gasteiger partial charge on any atom is -0.369 e. The first-order valence-electron chi connectivity index (χ1n) is 8.58. The molecule has 4 rings (SSSR count).